The van der Waals surface area contributed by atoms with Crippen LogP contribution in [0.3, 0.4) is 0 Å². The average molecular weight is 638 g/mol. The van der Waals surface area contributed by atoms with Crippen LogP contribution in [0.25, 0.3) is 5.57 Å². The Hall–Kier alpha value is -4.14. The standard InChI is InChI=1S/C34H34Cl2N2O6/c1-34(2,3)44-29(39)19-21-8-5-10-24-23(21)9-6-11-25(24)31(40)38-28(33(42)43-4)18-20-14-16-22(17-15-20)37-32(41)30-26(35)12-7-13-27(30)36/h6-7,9,11-17,19,28H,5,8,10,18H2,1-4H3,(H,37,41)(H,38,40)/b21-19-/t28-/m0/s1. The molecule has 0 bridgehead atoms. The Morgan fingerprint density at radius 2 is 1.57 bits per heavy atom. The molecule has 0 saturated heterocycles. The van der Waals surface area contributed by atoms with Crippen LogP contribution in [0.15, 0.2) is 66.7 Å². The summed E-state index contributed by atoms with van der Waals surface area (Å²) in [4.78, 5) is 51.4. The predicted octanol–water partition coefficient (Wildman–Crippen LogP) is 6.82. The highest BCUT2D eigenvalue weighted by atomic mass is 35.5. The highest BCUT2D eigenvalue weighted by Crippen LogP contribution is 2.33. The largest absolute Gasteiger partial charge is 0.467 e. The first-order chi connectivity index (χ1) is 20.9. The number of hydrogen-bond donors (Lipinski definition) is 2. The number of benzene rings is 3. The Morgan fingerprint density at radius 3 is 2.20 bits per heavy atom. The van der Waals surface area contributed by atoms with Crippen LogP contribution in [0, 0.1) is 0 Å². The summed E-state index contributed by atoms with van der Waals surface area (Å²) >= 11 is 12.3. The van der Waals surface area contributed by atoms with Gasteiger partial charge in [-0.2, -0.15) is 0 Å². The van der Waals surface area contributed by atoms with Crippen molar-refractivity contribution < 1.29 is 28.7 Å². The molecular formula is C34H34Cl2N2O6. The second kappa shape index (κ2) is 14.1. The number of carbonyl (C=O) groups excluding carboxylic acids is 4. The van der Waals surface area contributed by atoms with E-state index in [9.17, 15) is 19.2 Å². The number of methoxy groups -OCH3 is 1. The number of carbonyl (C=O) groups is 4. The monoisotopic (exact) mass is 636 g/mol. The number of amides is 2. The normalized spacial score (nSPS) is 14.3. The van der Waals surface area contributed by atoms with E-state index in [-0.39, 0.29) is 22.0 Å². The summed E-state index contributed by atoms with van der Waals surface area (Å²) < 4.78 is 10.4. The molecule has 10 heteroatoms. The molecule has 0 saturated carbocycles. The molecule has 0 radical (unpaired) electrons. The van der Waals surface area contributed by atoms with Gasteiger partial charge in [0.05, 0.1) is 22.7 Å². The van der Waals surface area contributed by atoms with Crippen molar-refractivity contribution in [3.63, 3.8) is 0 Å². The number of fused-ring (bicyclic) bond motifs is 1. The molecule has 3 aromatic carbocycles. The lowest BCUT2D eigenvalue weighted by atomic mass is 9.84. The van der Waals surface area contributed by atoms with Crippen molar-refractivity contribution in [3.8, 4) is 0 Å². The van der Waals surface area contributed by atoms with Gasteiger partial charge in [0.1, 0.15) is 11.6 Å². The van der Waals surface area contributed by atoms with Crippen molar-refractivity contribution >= 4 is 58.2 Å². The van der Waals surface area contributed by atoms with Gasteiger partial charge in [0.15, 0.2) is 0 Å². The summed E-state index contributed by atoms with van der Waals surface area (Å²) in [5, 5.41) is 6.06. The van der Waals surface area contributed by atoms with E-state index in [1.807, 2.05) is 26.8 Å². The number of nitrogens with one attached hydrogen (secondary N) is 2. The van der Waals surface area contributed by atoms with Gasteiger partial charge < -0.3 is 20.1 Å². The van der Waals surface area contributed by atoms with Gasteiger partial charge in [-0.25, -0.2) is 9.59 Å². The highest BCUT2D eigenvalue weighted by molar-refractivity contribution is 6.40. The summed E-state index contributed by atoms with van der Waals surface area (Å²) in [7, 11) is 1.26. The molecule has 0 unspecified atom stereocenters. The van der Waals surface area contributed by atoms with Crippen LogP contribution in [-0.4, -0.2) is 42.5 Å². The van der Waals surface area contributed by atoms with Crippen LogP contribution in [0.2, 0.25) is 10.0 Å². The molecule has 1 aliphatic rings. The lowest BCUT2D eigenvalue weighted by molar-refractivity contribution is -0.148. The smallest absolute Gasteiger partial charge is 0.331 e. The lowest BCUT2D eigenvalue weighted by Crippen LogP contribution is -2.43. The molecular weight excluding hydrogens is 603 g/mol. The summed E-state index contributed by atoms with van der Waals surface area (Å²) in [6, 6.07) is 16.1. The number of esters is 2. The van der Waals surface area contributed by atoms with Crippen LogP contribution < -0.4 is 10.6 Å². The van der Waals surface area contributed by atoms with Crippen LogP contribution in [-0.2, 0) is 31.9 Å². The summed E-state index contributed by atoms with van der Waals surface area (Å²) in [5.74, 6) is -1.90. The van der Waals surface area contributed by atoms with Gasteiger partial charge in [-0.3, -0.25) is 9.59 Å². The van der Waals surface area contributed by atoms with Crippen molar-refractivity contribution in [1.82, 2.24) is 5.32 Å². The molecule has 230 valence electrons. The second-order valence-corrected chi connectivity index (χ2v) is 12.2. The zero-order valence-electron chi connectivity index (χ0n) is 25.0. The maximum absolute atomic E-state index is 13.5. The minimum atomic E-state index is -0.967. The SMILES string of the molecule is COC(=O)[C@H](Cc1ccc(NC(=O)c2c(Cl)cccc2Cl)cc1)NC(=O)c1cccc2c1CCC/C2=C/C(=O)OC(C)(C)C. The van der Waals surface area contributed by atoms with Gasteiger partial charge in [0.2, 0.25) is 0 Å². The van der Waals surface area contributed by atoms with E-state index >= 15 is 0 Å². The Bertz CT molecular complexity index is 1590. The number of hydrogen-bond acceptors (Lipinski definition) is 6. The van der Waals surface area contributed by atoms with Crippen molar-refractivity contribution in [2.24, 2.45) is 0 Å². The van der Waals surface area contributed by atoms with Crippen LogP contribution >= 0.6 is 23.2 Å². The Kier molecular flexibility index (Phi) is 10.5. The van der Waals surface area contributed by atoms with E-state index in [1.165, 1.54) is 13.2 Å². The summed E-state index contributed by atoms with van der Waals surface area (Å²) in [5.41, 5.74) is 3.66. The molecule has 1 atom stereocenters. The van der Waals surface area contributed by atoms with Gasteiger partial charge in [-0.15, -0.1) is 0 Å². The van der Waals surface area contributed by atoms with Gasteiger partial charge in [-0.05, 0) is 92.6 Å². The van der Waals surface area contributed by atoms with Crippen LogP contribution in [0.5, 0.6) is 0 Å². The molecule has 0 aromatic heterocycles. The van der Waals surface area contributed by atoms with E-state index < -0.39 is 35.4 Å². The second-order valence-electron chi connectivity index (χ2n) is 11.4. The van der Waals surface area contributed by atoms with Crippen LogP contribution in [0.1, 0.15) is 71.0 Å². The molecule has 44 heavy (non-hydrogen) atoms. The average Bonchev–Trinajstić information content (AvgIpc) is 2.96. The zero-order valence-corrected chi connectivity index (χ0v) is 26.5. The maximum atomic E-state index is 13.5. The van der Waals surface area contributed by atoms with Gasteiger partial charge in [0, 0.05) is 23.7 Å². The first-order valence-corrected chi connectivity index (χ1v) is 14.9. The van der Waals surface area contributed by atoms with Gasteiger partial charge in [-0.1, -0.05) is 53.5 Å². The molecule has 4 rings (SSSR count). The van der Waals surface area contributed by atoms with E-state index in [2.05, 4.69) is 10.6 Å². The molecule has 2 N–H and O–H groups in total. The molecule has 8 nitrogen and oxygen atoms in total. The van der Waals surface area contributed by atoms with E-state index in [0.717, 1.165) is 28.7 Å². The topological polar surface area (TPSA) is 111 Å². The molecule has 2 amide bonds. The molecule has 0 fully saturated rings. The zero-order chi connectivity index (χ0) is 32.0. The molecule has 3 aromatic rings. The first-order valence-electron chi connectivity index (χ1n) is 14.1. The van der Waals surface area contributed by atoms with E-state index in [4.69, 9.17) is 32.7 Å². The number of ether oxygens (including phenoxy) is 2. The fraction of sp³-hybridized carbons (Fsp3) is 0.294. The minimum absolute atomic E-state index is 0.155. The Morgan fingerprint density at radius 1 is 0.909 bits per heavy atom. The summed E-state index contributed by atoms with van der Waals surface area (Å²) in [6.07, 6.45) is 3.75. The molecule has 1 aliphatic carbocycles. The van der Waals surface area contributed by atoms with E-state index in [0.29, 0.717) is 24.1 Å². The summed E-state index contributed by atoms with van der Waals surface area (Å²) in [6.45, 7) is 5.43. The van der Waals surface area contributed by atoms with Gasteiger partial charge >= 0.3 is 11.9 Å². The minimum Gasteiger partial charge on any atom is -0.467 e. The Balaban J connectivity index is 1.49. The number of rotatable bonds is 8. The number of halogens is 2. The van der Waals surface area contributed by atoms with Crippen molar-refractivity contribution in [1.29, 1.82) is 0 Å². The third kappa shape index (κ3) is 8.27. The number of allylic oxidation sites excluding steroid dienone is 1. The van der Waals surface area contributed by atoms with E-state index in [1.54, 1.807) is 54.6 Å². The molecule has 0 aliphatic heterocycles. The predicted molar refractivity (Wildman–Crippen MR) is 171 cm³/mol. The van der Waals surface area contributed by atoms with Crippen molar-refractivity contribution in [3.05, 3.63) is 105 Å². The third-order valence-electron chi connectivity index (χ3n) is 6.97. The van der Waals surface area contributed by atoms with Crippen LogP contribution in [0.4, 0.5) is 5.69 Å². The van der Waals surface area contributed by atoms with Gasteiger partial charge in [0.25, 0.3) is 11.8 Å². The fourth-order valence-corrected chi connectivity index (χ4v) is 5.59. The number of anilines is 1. The van der Waals surface area contributed by atoms with Crippen molar-refractivity contribution in [2.45, 2.75) is 58.1 Å². The molecule has 0 spiro atoms. The lowest BCUT2D eigenvalue weighted by Gasteiger charge is -2.24. The third-order valence-corrected chi connectivity index (χ3v) is 7.60. The quantitative estimate of drug-likeness (QED) is 0.207. The molecule has 0 heterocycles. The van der Waals surface area contributed by atoms with Crippen molar-refractivity contribution in [2.75, 3.05) is 12.4 Å². The first kappa shape index (κ1) is 32.8. The highest BCUT2D eigenvalue weighted by Gasteiger charge is 2.27. The Labute approximate surface area is 266 Å². The maximum Gasteiger partial charge on any atom is 0.331 e. The fourth-order valence-electron chi connectivity index (χ4n) is 5.02.